The summed E-state index contributed by atoms with van der Waals surface area (Å²) in [4.78, 5) is 2.28. The monoisotopic (exact) mass is 301 g/mol. The molecule has 0 aromatic heterocycles. The number of benzene rings is 1. The van der Waals surface area contributed by atoms with E-state index in [0.29, 0.717) is 12.6 Å². The second kappa shape index (κ2) is 5.94. The van der Waals surface area contributed by atoms with Crippen LogP contribution in [-0.2, 0) is 6.54 Å². The predicted octanol–water partition coefficient (Wildman–Crippen LogP) is 2.94. The number of hydrogen-bond acceptors (Lipinski definition) is 2. The Labute approximate surface area is 110 Å². The quantitative estimate of drug-likeness (QED) is 0.904. The number of halogens is 2. The third kappa shape index (κ3) is 3.27. The van der Waals surface area contributed by atoms with E-state index in [4.69, 9.17) is 5.11 Å². The van der Waals surface area contributed by atoms with Crippen molar-refractivity contribution in [3.05, 3.63) is 34.1 Å². The molecule has 0 spiro atoms. The van der Waals surface area contributed by atoms with E-state index in [1.54, 1.807) is 0 Å². The Bertz CT molecular complexity index is 382. The molecule has 1 N–H and O–H groups in total. The molecule has 0 aliphatic heterocycles. The first kappa shape index (κ1) is 13.0. The van der Waals surface area contributed by atoms with Crippen molar-refractivity contribution >= 4 is 15.9 Å². The fraction of sp³-hybridized carbons (Fsp3) is 0.538. The van der Waals surface area contributed by atoms with Gasteiger partial charge < -0.3 is 5.11 Å². The third-order valence-electron chi connectivity index (χ3n) is 3.37. The largest absolute Gasteiger partial charge is 0.395 e. The molecule has 1 saturated carbocycles. The van der Waals surface area contributed by atoms with Gasteiger partial charge in [-0.25, -0.2) is 4.39 Å². The van der Waals surface area contributed by atoms with Gasteiger partial charge >= 0.3 is 0 Å². The van der Waals surface area contributed by atoms with Crippen molar-refractivity contribution in [1.29, 1.82) is 0 Å². The van der Waals surface area contributed by atoms with Crippen molar-refractivity contribution in [2.45, 2.75) is 31.8 Å². The van der Waals surface area contributed by atoms with Crippen LogP contribution in [0.2, 0.25) is 0 Å². The fourth-order valence-electron chi connectivity index (χ4n) is 2.14. The maximum Gasteiger partial charge on any atom is 0.124 e. The van der Waals surface area contributed by atoms with Gasteiger partial charge in [0.1, 0.15) is 5.82 Å². The Morgan fingerprint density at radius 1 is 1.41 bits per heavy atom. The van der Waals surface area contributed by atoms with E-state index in [1.807, 2.05) is 6.07 Å². The van der Waals surface area contributed by atoms with E-state index in [0.717, 1.165) is 16.6 Å². The number of aliphatic hydroxyl groups excluding tert-OH is 1. The Kier molecular flexibility index (Phi) is 4.54. The molecule has 2 nitrogen and oxygen atoms in total. The van der Waals surface area contributed by atoms with Crippen molar-refractivity contribution in [3.8, 4) is 0 Å². The van der Waals surface area contributed by atoms with Gasteiger partial charge in [-0.3, -0.25) is 4.90 Å². The average Bonchev–Trinajstić information content (AvgIpc) is 2.20. The summed E-state index contributed by atoms with van der Waals surface area (Å²) in [5.74, 6) is -0.224. The molecule has 4 heteroatoms. The number of hydrogen-bond donors (Lipinski definition) is 1. The first-order chi connectivity index (χ1) is 8.20. The molecule has 0 radical (unpaired) electrons. The van der Waals surface area contributed by atoms with E-state index in [2.05, 4.69) is 20.8 Å². The lowest BCUT2D eigenvalue weighted by Gasteiger charge is -2.37. The molecule has 0 saturated heterocycles. The van der Waals surface area contributed by atoms with Crippen molar-refractivity contribution in [2.75, 3.05) is 13.2 Å². The highest BCUT2D eigenvalue weighted by atomic mass is 79.9. The molecule has 1 fully saturated rings. The summed E-state index contributed by atoms with van der Waals surface area (Å²) in [6.45, 7) is 1.63. The minimum atomic E-state index is -0.224. The van der Waals surface area contributed by atoms with E-state index in [1.165, 1.54) is 31.4 Å². The topological polar surface area (TPSA) is 23.5 Å². The minimum absolute atomic E-state index is 0.176. The highest BCUT2D eigenvalue weighted by Gasteiger charge is 2.24. The summed E-state index contributed by atoms with van der Waals surface area (Å²) in [5.41, 5.74) is 1.08. The zero-order chi connectivity index (χ0) is 12.3. The minimum Gasteiger partial charge on any atom is -0.395 e. The molecule has 17 heavy (non-hydrogen) atoms. The molecule has 0 bridgehead atoms. The van der Waals surface area contributed by atoms with Gasteiger partial charge in [0.15, 0.2) is 0 Å². The van der Waals surface area contributed by atoms with Crippen molar-refractivity contribution in [2.24, 2.45) is 0 Å². The fourth-order valence-corrected chi connectivity index (χ4v) is 2.62. The van der Waals surface area contributed by atoms with Crippen molar-refractivity contribution in [3.63, 3.8) is 0 Å². The summed E-state index contributed by atoms with van der Waals surface area (Å²) in [6, 6.07) is 5.37. The molecular formula is C13H17BrFNO. The lowest BCUT2D eigenvalue weighted by molar-refractivity contribution is 0.0943. The molecule has 1 aliphatic carbocycles. The van der Waals surface area contributed by atoms with Crippen molar-refractivity contribution < 1.29 is 9.50 Å². The Morgan fingerprint density at radius 3 is 2.71 bits per heavy atom. The first-order valence-corrected chi connectivity index (χ1v) is 6.79. The van der Waals surface area contributed by atoms with Crippen LogP contribution in [0.5, 0.6) is 0 Å². The first-order valence-electron chi connectivity index (χ1n) is 5.99. The third-order valence-corrected chi connectivity index (χ3v) is 4.11. The average molecular weight is 302 g/mol. The Morgan fingerprint density at radius 2 is 2.18 bits per heavy atom. The number of aliphatic hydroxyl groups is 1. The van der Waals surface area contributed by atoms with Gasteiger partial charge in [-0.05, 0) is 30.5 Å². The normalized spacial score (nSPS) is 16.2. The SMILES string of the molecule is OCCN(Cc1ccc(F)cc1Br)C1CCC1. The summed E-state index contributed by atoms with van der Waals surface area (Å²) in [7, 11) is 0. The second-order valence-corrected chi connectivity index (χ2v) is 5.37. The summed E-state index contributed by atoms with van der Waals surface area (Å²) >= 11 is 3.39. The zero-order valence-corrected chi connectivity index (χ0v) is 11.3. The number of nitrogens with zero attached hydrogens (tertiary/aromatic N) is 1. The van der Waals surface area contributed by atoms with Crippen LogP contribution in [0.1, 0.15) is 24.8 Å². The van der Waals surface area contributed by atoms with Gasteiger partial charge in [0, 0.05) is 23.6 Å². The van der Waals surface area contributed by atoms with Gasteiger partial charge in [0.2, 0.25) is 0 Å². The smallest absolute Gasteiger partial charge is 0.124 e. The van der Waals surface area contributed by atoms with Crippen molar-refractivity contribution in [1.82, 2.24) is 4.90 Å². The van der Waals surface area contributed by atoms with Crippen LogP contribution in [0.15, 0.2) is 22.7 Å². The van der Waals surface area contributed by atoms with Crippen LogP contribution < -0.4 is 0 Å². The molecule has 0 atom stereocenters. The van der Waals surface area contributed by atoms with Crippen LogP contribution >= 0.6 is 15.9 Å². The highest BCUT2D eigenvalue weighted by Crippen LogP contribution is 2.27. The van der Waals surface area contributed by atoms with Gasteiger partial charge in [-0.2, -0.15) is 0 Å². The molecule has 2 rings (SSSR count). The standard InChI is InChI=1S/C13H17BrFNO/c14-13-8-11(15)5-4-10(13)9-16(6-7-17)12-2-1-3-12/h4-5,8,12,17H,1-3,6-7,9H2. The summed E-state index contributed by atoms with van der Waals surface area (Å²) in [6.07, 6.45) is 3.69. The van der Waals surface area contributed by atoms with E-state index in [9.17, 15) is 4.39 Å². The van der Waals surface area contributed by atoms with Gasteiger partial charge in [0.25, 0.3) is 0 Å². The summed E-state index contributed by atoms with van der Waals surface area (Å²) in [5, 5.41) is 9.08. The van der Waals surface area contributed by atoms with Crippen LogP contribution in [0.25, 0.3) is 0 Å². The van der Waals surface area contributed by atoms with E-state index in [-0.39, 0.29) is 12.4 Å². The molecule has 1 aromatic carbocycles. The van der Waals surface area contributed by atoms with Crippen LogP contribution in [0.3, 0.4) is 0 Å². The molecule has 0 heterocycles. The Hall–Kier alpha value is -0.450. The van der Waals surface area contributed by atoms with Gasteiger partial charge in [0.05, 0.1) is 6.61 Å². The molecule has 0 unspecified atom stereocenters. The molecular weight excluding hydrogens is 285 g/mol. The van der Waals surface area contributed by atoms with Crippen LogP contribution in [-0.4, -0.2) is 29.2 Å². The molecule has 94 valence electrons. The molecule has 1 aromatic rings. The molecule has 1 aliphatic rings. The van der Waals surface area contributed by atoms with Crippen LogP contribution in [0.4, 0.5) is 4.39 Å². The predicted molar refractivity (Wildman–Crippen MR) is 69.2 cm³/mol. The number of rotatable bonds is 5. The van der Waals surface area contributed by atoms with Crippen LogP contribution in [0, 0.1) is 5.82 Å². The maximum absolute atomic E-state index is 13.0. The second-order valence-electron chi connectivity index (χ2n) is 4.51. The van der Waals surface area contributed by atoms with Gasteiger partial charge in [-0.15, -0.1) is 0 Å². The highest BCUT2D eigenvalue weighted by molar-refractivity contribution is 9.10. The maximum atomic E-state index is 13.0. The summed E-state index contributed by atoms with van der Waals surface area (Å²) < 4.78 is 13.8. The Balaban J connectivity index is 2.05. The lowest BCUT2D eigenvalue weighted by Crippen LogP contribution is -2.41. The zero-order valence-electron chi connectivity index (χ0n) is 9.70. The van der Waals surface area contributed by atoms with Gasteiger partial charge in [-0.1, -0.05) is 28.4 Å². The lowest BCUT2D eigenvalue weighted by atomic mass is 9.91. The molecule has 0 amide bonds. The van der Waals surface area contributed by atoms with E-state index >= 15 is 0 Å². The van der Waals surface area contributed by atoms with E-state index < -0.39 is 0 Å².